The van der Waals surface area contributed by atoms with E-state index in [1.54, 1.807) is 6.92 Å². The van der Waals surface area contributed by atoms with Crippen molar-refractivity contribution in [2.24, 2.45) is 5.73 Å². The molecule has 0 radical (unpaired) electrons. The van der Waals surface area contributed by atoms with E-state index >= 15 is 0 Å². The summed E-state index contributed by atoms with van der Waals surface area (Å²) in [6, 6.07) is 0. The van der Waals surface area contributed by atoms with E-state index in [1.807, 2.05) is 0 Å². The molecule has 0 aliphatic heterocycles. The molecular weight excluding hydrogens is 241 g/mol. The molecule has 0 bridgehead atoms. The summed E-state index contributed by atoms with van der Waals surface area (Å²) in [6.07, 6.45) is -0.711. The Kier molecular flexibility index (Phi) is 17.1. The maximum atomic E-state index is 9.60. The van der Waals surface area contributed by atoms with Crippen LogP contribution >= 0.6 is 8.25 Å². The quantitative estimate of drug-likeness (QED) is 0.405. The number of ether oxygens (including phenoxy) is 1. The number of carboxylic acids is 1. The lowest BCUT2D eigenvalue weighted by Crippen LogP contribution is -2.11. The predicted molar refractivity (Wildman–Crippen MR) is 57.1 cm³/mol. The molecule has 16 heavy (non-hydrogen) atoms. The van der Waals surface area contributed by atoms with Crippen molar-refractivity contribution in [3.63, 3.8) is 0 Å². The monoisotopic (exact) mass is 257 g/mol. The molecule has 1 amide bonds. The molecule has 0 atom stereocenters. The summed E-state index contributed by atoms with van der Waals surface area (Å²) in [7, 11) is -3.13. The third-order valence-corrected chi connectivity index (χ3v) is 0.652. The Balaban J connectivity index is -0.000000162. The lowest BCUT2D eigenvalue weighted by atomic mass is 10.4. The van der Waals surface area contributed by atoms with Gasteiger partial charge >= 0.3 is 20.3 Å². The van der Waals surface area contributed by atoms with Gasteiger partial charge in [-0.15, -0.1) is 0 Å². The van der Waals surface area contributed by atoms with Crippen molar-refractivity contribution in [3.8, 4) is 0 Å². The number of carbonyl (C=O) groups excluding carboxylic acids is 1. The summed E-state index contributed by atoms with van der Waals surface area (Å²) < 4.78 is 12.9. The van der Waals surface area contributed by atoms with Gasteiger partial charge < -0.3 is 25.4 Å². The fourth-order valence-electron chi connectivity index (χ4n) is 0.142. The third-order valence-electron chi connectivity index (χ3n) is 0.652. The molecule has 96 valence electrons. The maximum Gasteiger partial charge on any atom is 0.404 e. The number of aliphatic carboxylic acids is 1. The lowest BCUT2D eigenvalue weighted by molar-refractivity contribution is -0.132. The van der Waals surface area contributed by atoms with Gasteiger partial charge in [-0.1, -0.05) is 6.58 Å². The standard InChI is InChI=1S/C4H6O2.C3H7NO2.H3O3P/c1-3(2)4(5)6;1-2-6-3(4)5;1-4(2)3/h1H2,2H3,(H,5,6);2H2,1H3,(H2,4,5);4H,(H2,1,2,3). The van der Waals surface area contributed by atoms with Crippen molar-refractivity contribution >= 4 is 20.3 Å². The number of hydrogen-bond acceptors (Lipinski definition) is 4. The van der Waals surface area contributed by atoms with Crippen molar-refractivity contribution in [2.45, 2.75) is 13.8 Å². The highest BCUT2D eigenvalue weighted by molar-refractivity contribution is 7.30. The molecule has 0 spiro atoms. The second kappa shape index (κ2) is 13.6. The maximum absolute atomic E-state index is 9.60. The third kappa shape index (κ3) is 53.9. The van der Waals surface area contributed by atoms with Crippen LogP contribution < -0.4 is 5.73 Å². The summed E-state index contributed by atoms with van der Waals surface area (Å²) >= 11 is 0. The molecule has 0 aliphatic carbocycles. The molecule has 0 heterocycles. The van der Waals surface area contributed by atoms with E-state index in [9.17, 15) is 9.59 Å². The summed E-state index contributed by atoms with van der Waals surface area (Å²) in [4.78, 5) is 33.5. The van der Waals surface area contributed by atoms with Crippen LogP contribution in [0.25, 0.3) is 0 Å². The Bertz CT molecular complexity index is 237. The highest BCUT2D eigenvalue weighted by atomic mass is 31.1. The van der Waals surface area contributed by atoms with Gasteiger partial charge in [0.2, 0.25) is 0 Å². The zero-order valence-corrected chi connectivity index (χ0v) is 9.97. The number of hydrogen-bond donors (Lipinski definition) is 4. The predicted octanol–water partition coefficient (Wildman–Crippen LogP) is 0.109. The second-order valence-corrected chi connectivity index (χ2v) is 2.69. The number of amides is 1. The van der Waals surface area contributed by atoms with Crippen molar-refractivity contribution < 1.29 is 33.8 Å². The lowest BCUT2D eigenvalue weighted by Gasteiger charge is -1.89. The molecule has 0 unspecified atom stereocenters. The van der Waals surface area contributed by atoms with Crippen LogP contribution in [0, 0.1) is 0 Å². The SMILES string of the molecule is C=C(C)C(=O)O.CCOC(N)=O.O=[PH](O)O. The molecule has 0 saturated carbocycles. The average Bonchev–Trinajstić information content (AvgIpc) is 2.03. The molecule has 0 aromatic heterocycles. The number of rotatable bonds is 2. The first-order chi connectivity index (χ1) is 7.14. The second-order valence-electron chi connectivity index (χ2n) is 2.12. The molecule has 8 nitrogen and oxygen atoms in total. The summed E-state index contributed by atoms with van der Waals surface area (Å²) in [6.45, 7) is 6.66. The van der Waals surface area contributed by atoms with Crippen LogP contribution in [0.4, 0.5) is 4.79 Å². The Labute approximate surface area is 93.3 Å². The van der Waals surface area contributed by atoms with Crippen molar-refractivity contribution in [1.82, 2.24) is 0 Å². The van der Waals surface area contributed by atoms with Crippen LogP contribution in [0.2, 0.25) is 0 Å². The Morgan fingerprint density at radius 3 is 1.69 bits per heavy atom. The molecule has 5 N–H and O–H groups in total. The average molecular weight is 257 g/mol. The first-order valence-corrected chi connectivity index (χ1v) is 5.18. The van der Waals surface area contributed by atoms with E-state index in [2.05, 4.69) is 17.0 Å². The minimum atomic E-state index is -3.13. The zero-order chi connectivity index (χ0) is 13.7. The van der Waals surface area contributed by atoms with Gasteiger partial charge in [-0.05, 0) is 13.8 Å². The van der Waals surface area contributed by atoms with Gasteiger partial charge in [0.25, 0.3) is 0 Å². The molecule has 0 saturated heterocycles. The van der Waals surface area contributed by atoms with E-state index in [1.165, 1.54) is 6.92 Å². The number of carboxylic acid groups (broad SMARTS) is 1. The van der Waals surface area contributed by atoms with Crippen LogP contribution in [0.1, 0.15) is 13.8 Å². The fraction of sp³-hybridized carbons (Fsp3) is 0.429. The first kappa shape index (κ1) is 20.1. The number of primary amides is 1. The Morgan fingerprint density at radius 1 is 1.44 bits per heavy atom. The van der Waals surface area contributed by atoms with Crippen LogP contribution in [0.15, 0.2) is 12.2 Å². The van der Waals surface area contributed by atoms with Crippen LogP contribution in [0.3, 0.4) is 0 Å². The van der Waals surface area contributed by atoms with E-state index in [0.29, 0.717) is 6.61 Å². The minimum absolute atomic E-state index is 0.176. The molecule has 0 fully saturated rings. The minimum Gasteiger partial charge on any atom is -0.478 e. The summed E-state index contributed by atoms with van der Waals surface area (Å²) in [5.41, 5.74) is 4.72. The van der Waals surface area contributed by atoms with Crippen LogP contribution in [-0.2, 0) is 14.1 Å². The van der Waals surface area contributed by atoms with E-state index in [4.69, 9.17) is 19.5 Å². The van der Waals surface area contributed by atoms with Crippen molar-refractivity contribution in [1.29, 1.82) is 0 Å². The largest absolute Gasteiger partial charge is 0.478 e. The summed E-state index contributed by atoms with van der Waals surface area (Å²) in [5.74, 6) is -0.935. The molecule has 0 aliphatic rings. The molecule has 0 aromatic rings. The van der Waals surface area contributed by atoms with E-state index < -0.39 is 20.3 Å². The highest BCUT2D eigenvalue weighted by Gasteiger charge is 1.90. The normalized spacial score (nSPS) is 7.81. The van der Waals surface area contributed by atoms with Gasteiger partial charge in [-0.25, -0.2) is 9.59 Å². The van der Waals surface area contributed by atoms with Gasteiger partial charge in [0.1, 0.15) is 0 Å². The fourth-order valence-corrected chi connectivity index (χ4v) is 0.142. The Hall–Kier alpha value is -1.37. The van der Waals surface area contributed by atoms with Gasteiger partial charge in [-0.2, -0.15) is 0 Å². The van der Waals surface area contributed by atoms with Crippen LogP contribution in [0.5, 0.6) is 0 Å². The zero-order valence-electron chi connectivity index (χ0n) is 8.97. The van der Waals surface area contributed by atoms with Crippen LogP contribution in [-0.4, -0.2) is 33.6 Å². The van der Waals surface area contributed by atoms with Gasteiger partial charge in [0, 0.05) is 5.57 Å². The van der Waals surface area contributed by atoms with E-state index in [0.717, 1.165) is 0 Å². The topological polar surface area (TPSA) is 147 Å². The smallest absolute Gasteiger partial charge is 0.404 e. The highest BCUT2D eigenvalue weighted by Crippen LogP contribution is 1.98. The number of nitrogens with two attached hydrogens (primary N) is 1. The Morgan fingerprint density at radius 2 is 1.69 bits per heavy atom. The van der Waals surface area contributed by atoms with E-state index in [-0.39, 0.29) is 5.57 Å². The van der Waals surface area contributed by atoms with Crippen molar-refractivity contribution in [2.75, 3.05) is 6.61 Å². The molecule has 0 rings (SSSR count). The molecule has 9 heteroatoms. The van der Waals surface area contributed by atoms with Gasteiger partial charge in [0.05, 0.1) is 6.61 Å². The van der Waals surface area contributed by atoms with Gasteiger partial charge in [-0.3, -0.25) is 4.57 Å². The number of carbonyl (C=O) groups is 2. The van der Waals surface area contributed by atoms with Gasteiger partial charge in [0.15, 0.2) is 0 Å². The first-order valence-electron chi connectivity index (χ1n) is 3.88. The molecular formula is C7H16NO7P. The summed E-state index contributed by atoms with van der Waals surface area (Å²) in [5, 5.41) is 7.89. The van der Waals surface area contributed by atoms with Crippen molar-refractivity contribution in [3.05, 3.63) is 12.2 Å². The molecule has 0 aromatic carbocycles.